The van der Waals surface area contributed by atoms with Crippen molar-refractivity contribution >= 4 is 23.2 Å². The first-order valence-electron chi connectivity index (χ1n) is 6.50. The number of carbonyl (C=O) groups excluding carboxylic acids is 1. The van der Waals surface area contributed by atoms with Gasteiger partial charge in [0.1, 0.15) is 6.54 Å². The number of aryl methyl sites for hydroxylation is 1. The van der Waals surface area contributed by atoms with Gasteiger partial charge in [0.15, 0.2) is 0 Å². The van der Waals surface area contributed by atoms with Crippen LogP contribution in [0.2, 0.25) is 5.02 Å². The van der Waals surface area contributed by atoms with E-state index in [0.717, 1.165) is 28.3 Å². The Balaban J connectivity index is 2.18. The van der Waals surface area contributed by atoms with E-state index in [1.807, 2.05) is 0 Å². The van der Waals surface area contributed by atoms with Gasteiger partial charge in [-0.25, -0.2) is 0 Å². The van der Waals surface area contributed by atoms with Gasteiger partial charge in [-0.05, 0) is 36.8 Å². The Morgan fingerprint density at radius 2 is 1.96 bits per heavy atom. The number of rotatable bonds is 3. The maximum absolute atomic E-state index is 12.7. The van der Waals surface area contributed by atoms with E-state index in [4.69, 9.17) is 11.6 Å². The molecule has 1 aromatic heterocycles. The predicted molar refractivity (Wildman–Crippen MR) is 80.5 cm³/mol. The molecule has 0 aliphatic heterocycles. The van der Waals surface area contributed by atoms with Gasteiger partial charge in [-0.15, -0.1) is 0 Å². The number of halogens is 4. The highest BCUT2D eigenvalue weighted by Crippen LogP contribution is 2.33. The van der Waals surface area contributed by atoms with Gasteiger partial charge in [0.25, 0.3) is 5.56 Å². The number of benzene rings is 1. The lowest BCUT2D eigenvalue weighted by molar-refractivity contribution is -0.137. The van der Waals surface area contributed by atoms with Crippen LogP contribution in [0.1, 0.15) is 11.1 Å². The molecule has 0 saturated heterocycles. The fraction of sp³-hybridized carbons (Fsp3) is 0.200. The van der Waals surface area contributed by atoms with Crippen LogP contribution in [0.15, 0.2) is 41.3 Å². The first-order valence-corrected chi connectivity index (χ1v) is 6.88. The summed E-state index contributed by atoms with van der Waals surface area (Å²) < 4.78 is 39.2. The molecule has 1 N–H and O–H groups in total. The third kappa shape index (κ3) is 4.35. The number of aromatic nitrogens is 1. The number of hydrogen-bond acceptors (Lipinski definition) is 2. The van der Waals surface area contributed by atoms with E-state index in [2.05, 4.69) is 5.32 Å². The lowest BCUT2D eigenvalue weighted by Gasteiger charge is -2.12. The molecule has 0 unspecified atom stereocenters. The second kappa shape index (κ2) is 6.45. The molecule has 122 valence electrons. The van der Waals surface area contributed by atoms with Gasteiger partial charge in [-0.3, -0.25) is 9.59 Å². The Morgan fingerprint density at radius 3 is 2.57 bits per heavy atom. The van der Waals surface area contributed by atoms with Crippen molar-refractivity contribution in [2.24, 2.45) is 0 Å². The molecule has 0 spiro atoms. The number of pyridine rings is 1. The van der Waals surface area contributed by atoms with Crippen LogP contribution in [0, 0.1) is 6.92 Å². The van der Waals surface area contributed by atoms with Crippen LogP contribution in [0.3, 0.4) is 0 Å². The Kier molecular flexibility index (Phi) is 4.79. The summed E-state index contributed by atoms with van der Waals surface area (Å²) in [7, 11) is 0. The lowest BCUT2D eigenvalue weighted by atomic mass is 10.2. The molecule has 8 heteroatoms. The number of alkyl halides is 3. The van der Waals surface area contributed by atoms with E-state index in [1.165, 1.54) is 12.3 Å². The molecule has 0 radical (unpaired) electrons. The SMILES string of the molecule is Cc1ccn(CC(=O)Nc2cc(C(F)(F)F)ccc2Cl)c(=O)c1. The Morgan fingerprint density at radius 1 is 1.26 bits per heavy atom. The fourth-order valence-electron chi connectivity index (χ4n) is 1.88. The molecule has 1 aromatic carbocycles. The van der Waals surface area contributed by atoms with Crippen LogP contribution in [0.25, 0.3) is 0 Å². The van der Waals surface area contributed by atoms with Crippen molar-refractivity contribution in [1.29, 1.82) is 0 Å². The van der Waals surface area contributed by atoms with Crippen LogP contribution in [0.5, 0.6) is 0 Å². The van der Waals surface area contributed by atoms with Gasteiger partial charge in [-0.1, -0.05) is 11.6 Å². The van der Waals surface area contributed by atoms with E-state index in [9.17, 15) is 22.8 Å². The highest BCUT2D eigenvalue weighted by atomic mass is 35.5. The quantitative estimate of drug-likeness (QED) is 0.927. The molecular weight excluding hydrogens is 333 g/mol. The number of nitrogens with one attached hydrogen (secondary N) is 1. The fourth-order valence-corrected chi connectivity index (χ4v) is 2.04. The summed E-state index contributed by atoms with van der Waals surface area (Å²) in [6, 6.07) is 5.62. The zero-order valence-corrected chi connectivity index (χ0v) is 12.7. The highest BCUT2D eigenvalue weighted by molar-refractivity contribution is 6.33. The molecule has 0 aliphatic carbocycles. The highest BCUT2D eigenvalue weighted by Gasteiger charge is 2.31. The topological polar surface area (TPSA) is 51.1 Å². The van der Waals surface area contributed by atoms with Crippen molar-refractivity contribution in [1.82, 2.24) is 4.57 Å². The molecule has 0 bridgehead atoms. The van der Waals surface area contributed by atoms with Crippen molar-refractivity contribution in [3.05, 3.63) is 63.0 Å². The zero-order chi connectivity index (χ0) is 17.2. The first kappa shape index (κ1) is 17.1. The Bertz CT molecular complexity index is 800. The molecule has 23 heavy (non-hydrogen) atoms. The van der Waals surface area contributed by atoms with Crippen LogP contribution >= 0.6 is 11.6 Å². The van der Waals surface area contributed by atoms with E-state index in [-0.39, 0.29) is 22.8 Å². The molecular formula is C15H12ClF3N2O2. The van der Waals surface area contributed by atoms with Crippen molar-refractivity contribution in [3.63, 3.8) is 0 Å². The predicted octanol–water partition coefficient (Wildman–Crippen LogP) is 3.47. The van der Waals surface area contributed by atoms with Gasteiger partial charge in [-0.2, -0.15) is 13.2 Å². The van der Waals surface area contributed by atoms with E-state index in [1.54, 1.807) is 13.0 Å². The standard InChI is InChI=1S/C15H12ClF3N2O2/c1-9-4-5-21(14(23)6-9)8-13(22)20-12-7-10(15(17,18)19)2-3-11(12)16/h2-7H,8H2,1H3,(H,20,22). The summed E-state index contributed by atoms with van der Waals surface area (Å²) in [5, 5.41) is 2.26. The first-order chi connectivity index (χ1) is 10.7. The van der Waals surface area contributed by atoms with Gasteiger partial charge < -0.3 is 9.88 Å². The normalized spacial score (nSPS) is 11.3. The average Bonchev–Trinajstić information content (AvgIpc) is 2.43. The molecule has 1 heterocycles. The molecule has 2 rings (SSSR count). The molecule has 0 aliphatic rings. The van der Waals surface area contributed by atoms with Gasteiger partial charge in [0.05, 0.1) is 16.3 Å². The molecule has 0 fully saturated rings. The van der Waals surface area contributed by atoms with Crippen molar-refractivity contribution in [3.8, 4) is 0 Å². The van der Waals surface area contributed by atoms with E-state index < -0.39 is 17.6 Å². The van der Waals surface area contributed by atoms with Crippen LogP contribution in [-0.4, -0.2) is 10.5 Å². The monoisotopic (exact) mass is 344 g/mol. The minimum atomic E-state index is -4.54. The maximum Gasteiger partial charge on any atom is 0.416 e. The summed E-state index contributed by atoms with van der Waals surface area (Å²) in [6.45, 7) is 1.40. The second-order valence-electron chi connectivity index (χ2n) is 4.91. The van der Waals surface area contributed by atoms with Crippen molar-refractivity contribution < 1.29 is 18.0 Å². The smallest absolute Gasteiger partial charge is 0.323 e. The van der Waals surface area contributed by atoms with Crippen LogP contribution in [-0.2, 0) is 17.5 Å². The number of nitrogens with zero attached hydrogens (tertiary/aromatic N) is 1. The Hall–Kier alpha value is -2.28. The van der Waals surface area contributed by atoms with E-state index >= 15 is 0 Å². The number of amides is 1. The summed E-state index contributed by atoms with van der Waals surface area (Å²) in [4.78, 5) is 23.6. The average molecular weight is 345 g/mol. The van der Waals surface area contributed by atoms with Crippen LogP contribution in [0.4, 0.5) is 18.9 Å². The second-order valence-corrected chi connectivity index (χ2v) is 5.32. The van der Waals surface area contributed by atoms with Gasteiger partial charge in [0, 0.05) is 12.3 Å². The van der Waals surface area contributed by atoms with Gasteiger partial charge in [0.2, 0.25) is 5.91 Å². The molecule has 4 nitrogen and oxygen atoms in total. The maximum atomic E-state index is 12.7. The third-order valence-electron chi connectivity index (χ3n) is 3.03. The van der Waals surface area contributed by atoms with Crippen LogP contribution < -0.4 is 10.9 Å². The zero-order valence-electron chi connectivity index (χ0n) is 11.9. The third-order valence-corrected chi connectivity index (χ3v) is 3.36. The minimum absolute atomic E-state index is 0.0254. The minimum Gasteiger partial charge on any atom is -0.323 e. The molecule has 1 amide bonds. The number of carbonyl (C=O) groups is 1. The number of hydrogen-bond donors (Lipinski definition) is 1. The van der Waals surface area contributed by atoms with E-state index in [0.29, 0.717) is 0 Å². The summed E-state index contributed by atoms with van der Waals surface area (Å²) >= 11 is 5.79. The largest absolute Gasteiger partial charge is 0.416 e. The summed E-state index contributed by atoms with van der Waals surface area (Å²) in [5.74, 6) is -0.655. The molecule has 0 saturated carbocycles. The lowest BCUT2D eigenvalue weighted by Crippen LogP contribution is -2.27. The molecule has 0 atom stereocenters. The molecule has 2 aromatic rings. The van der Waals surface area contributed by atoms with Gasteiger partial charge >= 0.3 is 6.18 Å². The Labute approximate surface area is 134 Å². The summed E-state index contributed by atoms with van der Waals surface area (Å²) in [6.07, 6.45) is -3.11. The number of anilines is 1. The summed E-state index contributed by atoms with van der Waals surface area (Å²) in [5.41, 5.74) is -0.723. The van der Waals surface area contributed by atoms with Crippen molar-refractivity contribution in [2.45, 2.75) is 19.6 Å². The van der Waals surface area contributed by atoms with Crippen molar-refractivity contribution in [2.75, 3.05) is 5.32 Å².